The van der Waals surface area contributed by atoms with Crippen LogP contribution in [0.15, 0.2) is 18.2 Å². The molecule has 0 saturated carbocycles. The van der Waals surface area contributed by atoms with Gasteiger partial charge in [-0.2, -0.15) is 0 Å². The summed E-state index contributed by atoms with van der Waals surface area (Å²) < 4.78 is 48.2. The third-order valence-corrected chi connectivity index (χ3v) is 3.42. The van der Waals surface area contributed by atoms with Gasteiger partial charge in [0.05, 0.1) is 0 Å². The van der Waals surface area contributed by atoms with Gasteiger partial charge in [-0.05, 0) is 0 Å². The van der Waals surface area contributed by atoms with E-state index in [9.17, 15) is 17.2 Å². The molecule has 0 aliphatic carbocycles. The average molecular weight is 254 g/mol. The predicted molar refractivity (Wildman–Crippen MR) is 53.0 cm³/mol. The minimum Gasteiger partial charge on any atom is -0.243 e. The highest BCUT2D eigenvalue weighted by molar-refractivity contribution is 7.92. The lowest BCUT2D eigenvalue weighted by Gasteiger charge is -1.98. The first kappa shape index (κ1) is 12.2. The second-order valence-electron chi connectivity index (χ2n) is 2.50. The Hall–Kier alpha value is -0.860. The molecule has 1 N–H and O–H groups in total. The summed E-state index contributed by atoms with van der Waals surface area (Å²) in [5, 5.41) is 0.435. The van der Waals surface area contributed by atoms with E-state index in [-0.39, 0.29) is 11.6 Å². The maximum atomic E-state index is 12.1. The van der Waals surface area contributed by atoms with Crippen LogP contribution in [0.2, 0.25) is 0 Å². The maximum absolute atomic E-state index is 12.1. The molecule has 1 aromatic rings. The fourth-order valence-electron chi connectivity index (χ4n) is 0.736. The molecule has 0 aliphatic heterocycles. The summed E-state index contributed by atoms with van der Waals surface area (Å²) in [4.78, 5) is 3.88. The quantitative estimate of drug-likeness (QED) is 0.869. The van der Waals surface area contributed by atoms with Gasteiger partial charge in [-0.25, -0.2) is 26.9 Å². The van der Waals surface area contributed by atoms with E-state index in [0.717, 1.165) is 16.7 Å². The summed E-state index contributed by atoms with van der Waals surface area (Å²) in [7, 11) is -3.52. The molecule has 84 valence electrons. The Morgan fingerprint density at radius 1 is 1.67 bits per heavy atom. The van der Waals surface area contributed by atoms with E-state index in [1.807, 2.05) is 0 Å². The zero-order valence-corrected chi connectivity index (χ0v) is 9.12. The van der Waals surface area contributed by atoms with Crippen LogP contribution in [-0.4, -0.2) is 13.4 Å². The molecule has 0 fully saturated rings. The van der Waals surface area contributed by atoms with Crippen molar-refractivity contribution in [3.05, 3.63) is 28.1 Å². The van der Waals surface area contributed by atoms with Gasteiger partial charge in [0.25, 0.3) is 6.43 Å². The zero-order valence-electron chi connectivity index (χ0n) is 7.48. The van der Waals surface area contributed by atoms with Crippen LogP contribution in [0.4, 0.5) is 8.78 Å². The van der Waals surface area contributed by atoms with Crippen molar-refractivity contribution >= 4 is 21.4 Å². The van der Waals surface area contributed by atoms with Crippen LogP contribution in [0, 0.1) is 0 Å². The molecule has 1 heterocycles. The molecule has 0 unspecified atom stereocenters. The van der Waals surface area contributed by atoms with E-state index in [1.165, 1.54) is 6.20 Å². The second-order valence-corrected chi connectivity index (χ2v) is 5.36. The molecule has 0 spiro atoms. The van der Waals surface area contributed by atoms with Gasteiger partial charge in [-0.3, -0.25) is 0 Å². The Balaban J connectivity index is 2.63. The van der Waals surface area contributed by atoms with Gasteiger partial charge in [0.15, 0.2) is 5.01 Å². The molecule has 0 aliphatic rings. The molecular weight excluding hydrogens is 246 g/mol. The molecule has 0 saturated heterocycles. The number of sulfonamides is 1. The molecule has 4 nitrogen and oxygen atoms in total. The van der Waals surface area contributed by atoms with Gasteiger partial charge < -0.3 is 0 Å². The molecule has 0 bridgehead atoms. The fourth-order valence-corrected chi connectivity index (χ4v) is 2.01. The summed E-state index contributed by atoms with van der Waals surface area (Å²) in [5.74, 6) is 0. The standard InChI is InChI=1S/C7H8F2N2O2S2/c1-2-15(12,13)11-4-5-3-10-7(14-5)6(8)9/h2-3,6,11H,1,4H2. The summed E-state index contributed by atoms with van der Waals surface area (Å²) in [6.07, 6.45) is -1.41. The monoisotopic (exact) mass is 254 g/mol. The number of thiazole rings is 1. The molecule has 1 aromatic heterocycles. The lowest BCUT2D eigenvalue weighted by Crippen LogP contribution is -2.19. The van der Waals surface area contributed by atoms with Gasteiger partial charge in [0.1, 0.15) is 0 Å². The smallest absolute Gasteiger partial charge is 0.243 e. The summed E-state index contributed by atoms with van der Waals surface area (Å²) in [5.41, 5.74) is 0. The SMILES string of the molecule is C=CS(=O)(=O)NCc1cnc(C(F)F)s1. The molecule has 15 heavy (non-hydrogen) atoms. The molecule has 0 aromatic carbocycles. The van der Waals surface area contributed by atoms with Crippen molar-refractivity contribution in [3.63, 3.8) is 0 Å². The average Bonchev–Trinajstić information content (AvgIpc) is 2.63. The zero-order chi connectivity index (χ0) is 11.5. The van der Waals surface area contributed by atoms with Gasteiger partial charge in [-0.15, -0.1) is 11.3 Å². The number of hydrogen-bond acceptors (Lipinski definition) is 4. The van der Waals surface area contributed by atoms with Gasteiger partial charge in [-0.1, -0.05) is 6.58 Å². The minimum absolute atomic E-state index is 0.0568. The third kappa shape index (κ3) is 3.65. The number of hydrogen-bond donors (Lipinski definition) is 1. The van der Waals surface area contributed by atoms with Gasteiger partial charge in [0.2, 0.25) is 10.0 Å². The first-order valence-corrected chi connectivity index (χ1v) is 6.16. The van der Waals surface area contributed by atoms with Gasteiger partial charge >= 0.3 is 0 Å². The van der Waals surface area contributed by atoms with Crippen LogP contribution in [0.25, 0.3) is 0 Å². The van der Waals surface area contributed by atoms with Crippen LogP contribution in [-0.2, 0) is 16.6 Å². The Morgan fingerprint density at radius 3 is 2.80 bits per heavy atom. The van der Waals surface area contributed by atoms with E-state index in [1.54, 1.807) is 0 Å². The van der Waals surface area contributed by atoms with Crippen LogP contribution in [0.1, 0.15) is 16.3 Å². The summed E-state index contributed by atoms with van der Waals surface area (Å²) >= 11 is 0.770. The van der Waals surface area contributed by atoms with Crippen molar-refractivity contribution in [1.29, 1.82) is 0 Å². The molecular formula is C7H8F2N2O2S2. The fraction of sp³-hybridized carbons (Fsp3) is 0.286. The van der Waals surface area contributed by atoms with Crippen molar-refractivity contribution in [3.8, 4) is 0 Å². The largest absolute Gasteiger partial charge is 0.289 e. The van der Waals surface area contributed by atoms with Crippen molar-refractivity contribution in [2.45, 2.75) is 13.0 Å². The number of nitrogens with one attached hydrogen (secondary N) is 1. The molecule has 0 amide bonds. The van der Waals surface area contributed by atoms with Crippen molar-refractivity contribution in [1.82, 2.24) is 9.71 Å². The number of rotatable bonds is 5. The highest BCUT2D eigenvalue weighted by Gasteiger charge is 2.13. The van der Waals surface area contributed by atoms with E-state index in [4.69, 9.17) is 0 Å². The summed E-state index contributed by atoms with van der Waals surface area (Å²) in [6, 6.07) is 0. The van der Waals surface area contributed by atoms with Crippen molar-refractivity contribution in [2.75, 3.05) is 0 Å². The third-order valence-electron chi connectivity index (χ3n) is 1.43. The molecule has 0 radical (unpaired) electrons. The summed E-state index contributed by atoms with van der Waals surface area (Å²) in [6.45, 7) is 3.04. The van der Waals surface area contributed by atoms with E-state index < -0.39 is 16.4 Å². The number of halogens is 2. The van der Waals surface area contributed by atoms with Crippen LogP contribution < -0.4 is 4.72 Å². The van der Waals surface area contributed by atoms with Crippen LogP contribution in [0.5, 0.6) is 0 Å². The Kier molecular flexibility index (Phi) is 3.89. The van der Waals surface area contributed by atoms with E-state index in [0.29, 0.717) is 4.88 Å². The maximum Gasteiger partial charge on any atom is 0.289 e. The predicted octanol–water partition coefficient (Wildman–Crippen LogP) is 1.64. The molecule has 8 heteroatoms. The Labute approximate surface area is 89.7 Å². The number of aromatic nitrogens is 1. The van der Waals surface area contributed by atoms with Crippen molar-refractivity contribution < 1.29 is 17.2 Å². The molecule has 0 atom stereocenters. The lowest BCUT2D eigenvalue weighted by molar-refractivity contribution is 0.151. The first-order valence-electron chi connectivity index (χ1n) is 3.79. The Bertz CT molecular complexity index is 442. The highest BCUT2D eigenvalue weighted by Crippen LogP contribution is 2.23. The number of nitrogens with zero attached hydrogens (tertiary/aromatic N) is 1. The van der Waals surface area contributed by atoms with E-state index >= 15 is 0 Å². The Morgan fingerprint density at radius 2 is 2.33 bits per heavy atom. The second kappa shape index (κ2) is 4.77. The first-order chi connectivity index (χ1) is 6.94. The minimum atomic E-state index is -3.52. The number of alkyl halides is 2. The normalized spacial score (nSPS) is 11.9. The highest BCUT2D eigenvalue weighted by atomic mass is 32.2. The van der Waals surface area contributed by atoms with E-state index in [2.05, 4.69) is 16.3 Å². The molecule has 1 rings (SSSR count). The van der Waals surface area contributed by atoms with Crippen LogP contribution >= 0.6 is 11.3 Å². The lowest BCUT2D eigenvalue weighted by atomic mass is 10.6. The van der Waals surface area contributed by atoms with Crippen molar-refractivity contribution in [2.24, 2.45) is 0 Å². The van der Waals surface area contributed by atoms with Gasteiger partial charge in [0, 0.05) is 23.0 Å². The van der Waals surface area contributed by atoms with Crippen LogP contribution in [0.3, 0.4) is 0 Å². The topological polar surface area (TPSA) is 59.1 Å².